The fourth-order valence-corrected chi connectivity index (χ4v) is 1.15. The second-order valence-electron chi connectivity index (χ2n) is 2.88. The average Bonchev–Trinajstić information content (AvgIpc) is 2.19. The Hall–Kier alpha value is -1.20. The van der Waals surface area contributed by atoms with Crippen molar-refractivity contribution in [2.24, 2.45) is 5.73 Å². The molecular weight excluding hydrogens is 202 g/mol. The zero-order valence-electron chi connectivity index (χ0n) is 7.38. The summed E-state index contributed by atoms with van der Waals surface area (Å²) in [4.78, 5) is 10.5. The predicted molar refractivity (Wildman–Crippen MR) is 55.4 cm³/mol. The number of aliphatic carboxylic acids is 1. The van der Waals surface area contributed by atoms with Crippen LogP contribution in [0, 0.1) is 0 Å². The van der Waals surface area contributed by atoms with Gasteiger partial charge in [-0.05, 0) is 24.1 Å². The Morgan fingerprint density at radius 1 is 1.50 bits per heavy atom. The van der Waals surface area contributed by atoms with E-state index in [1.165, 1.54) is 0 Å². The van der Waals surface area contributed by atoms with Gasteiger partial charge in [-0.15, -0.1) is 0 Å². The summed E-state index contributed by atoms with van der Waals surface area (Å²) < 4.78 is 4.67. The third kappa shape index (κ3) is 2.93. The maximum Gasteiger partial charge on any atom is 0.320 e. The van der Waals surface area contributed by atoms with E-state index in [-0.39, 0.29) is 0 Å². The molecule has 1 atom stereocenters. The van der Waals surface area contributed by atoms with Crippen LogP contribution in [0.4, 0.5) is 0 Å². The molecule has 0 spiro atoms. The molecule has 0 aliphatic heterocycles. The van der Waals surface area contributed by atoms with Crippen molar-refractivity contribution in [1.29, 1.82) is 0 Å². The van der Waals surface area contributed by atoms with Gasteiger partial charge in [0.1, 0.15) is 11.8 Å². The molecule has 0 radical (unpaired) electrons. The lowest BCUT2D eigenvalue weighted by atomic mass is 10.1. The first-order valence-electron chi connectivity index (χ1n) is 4.02. The molecule has 14 heavy (non-hydrogen) atoms. The van der Waals surface area contributed by atoms with Gasteiger partial charge in [0.2, 0.25) is 0 Å². The van der Waals surface area contributed by atoms with Crippen LogP contribution in [-0.4, -0.2) is 17.1 Å². The lowest BCUT2D eigenvalue weighted by molar-refractivity contribution is -0.138. The number of carboxylic acids is 1. The van der Waals surface area contributed by atoms with Gasteiger partial charge in [-0.2, -0.15) is 0 Å². The van der Waals surface area contributed by atoms with E-state index in [2.05, 4.69) is 17.1 Å². The van der Waals surface area contributed by atoms with E-state index in [4.69, 9.17) is 10.8 Å². The second kappa shape index (κ2) is 4.88. The van der Waals surface area contributed by atoms with Gasteiger partial charge in [0.05, 0.1) is 0 Å². The molecule has 5 heteroatoms. The fourth-order valence-electron chi connectivity index (χ4n) is 1.03. The summed E-state index contributed by atoms with van der Waals surface area (Å²) in [6, 6.07) is 6.06. The van der Waals surface area contributed by atoms with Crippen molar-refractivity contribution in [2.75, 3.05) is 0 Å². The number of carbonyl (C=O) groups is 1. The van der Waals surface area contributed by atoms with Crippen molar-refractivity contribution >= 4 is 18.9 Å². The quantitative estimate of drug-likeness (QED) is 0.512. The summed E-state index contributed by atoms with van der Waals surface area (Å²) in [7, 11) is 0. The van der Waals surface area contributed by atoms with Crippen molar-refractivity contribution in [1.82, 2.24) is 0 Å². The lowest BCUT2D eigenvalue weighted by Crippen LogP contribution is -2.32. The number of rotatable bonds is 4. The molecule has 0 aromatic heterocycles. The number of nitrogens with two attached hydrogens (primary N) is 1. The van der Waals surface area contributed by atoms with Crippen LogP contribution >= 0.6 is 12.9 Å². The molecule has 0 fully saturated rings. The summed E-state index contributed by atoms with van der Waals surface area (Å²) >= 11 is 3.63. The van der Waals surface area contributed by atoms with Crippen molar-refractivity contribution in [3.05, 3.63) is 29.8 Å². The van der Waals surface area contributed by atoms with Crippen LogP contribution in [0.5, 0.6) is 5.75 Å². The molecule has 0 amide bonds. The first-order valence-corrected chi connectivity index (χ1v) is 4.38. The Kier molecular flexibility index (Phi) is 3.79. The summed E-state index contributed by atoms with van der Waals surface area (Å²) in [5, 5.41) is 8.58. The van der Waals surface area contributed by atoms with Gasteiger partial charge >= 0.3 is 5.97 Å². The molecule has 1 unspecified atom stereocenters. The van der Waals surface area contributed by atoms with Crippen molar-refractivity contribution < 1.29 is 14.1 Å². The van der Waals surface area contributed by atoms with E-state index in [9.17, 15) is 4.79 Å². The molecule has 1 aromatic carbocycles. The average molecular weight is 213 g/mol. The number of hydrogen-bond acceptors (Lipinski definition) is 4. The molecule has 1 rings (SSSR count). The molecule has 4 nitrogen and oxygen atoms in total. The zero-order chi connectivity index (χ0) is 10.6. The minimum Gasteiger partial charge on any atom is -0.480 e. The summed E-state index contributed by atoms with van der Waals surface area (Å²) in [6.07, 6.45) is 0.308. The highest BCUT2D eigenvalue weighted by atomic mass is 32.1. The molecule has 0 aliphatic carbocycles. The monoisotopic (exact) mass is 213 g/mol. The van der Waals surface area contributed by atoms with E-state index in [1.807, 2.05) is 0 Å². The smallest absolute Gasteiger partial charge is 0.320 e. The molecule has 0 bridgehead atoms. The van der Waals surface area contributed by atoms with Gasteiger partial charge in [0, 0.05) is 12.9 Å². The summed E-state index contributed by atoms with van der Waals surface area (Å²) in [6.45, 7) is 0. The van der Waals surface area contributed by atoms with Gasteiger partial charge in [-0.1, -0.05) is 12.1 Å². The van der Waals surface area contributed by atoms with Gasteiger partial charge in [0.15, 0.2) is 0 Å². The molecule has 0 saturated carbocycles. The topological polar surface area (TPSA) is 72.5 Å². The summed E-state index contributed by atoms with van der Waals surface area (Å²) in [5.41, 5.74) is 6.23. The van der Waals surface area contributed by atoms with E-state index < -0.39 is 12.0 Å². The van der Waals surface area contributed by atoms with Gasteiger partial charge in [-0.3, -0.25) is 4.79 Å². The van der Waals surface area contributed by atoms with E-state index in [0.717, 1.165) is 5.56 Å². The highest BCUT2D eigenvalue weighted by Gasteiger charge is 2.11. The molecule has 1 aromatic rings. The van der Waals surface area contributed by atoms with E-state index in [1.54, 1.807) is 24.3 Å². The van der Waals surface area contributed by atoms with Crippen molar-refractivity contribution in [3.63, 3.8) is 0 Å². The Morgan fingerprint density at radius 3 is 2.50 bits per heavy atom. The molecule has 76 valence electrons. The molecule has 0 heterocycles. The number of hydrogen-bond donors (Lipinski definition) is 3. The highest BCUT2D eigenvalue weighted by Crippen LogP contribution is 2.13. The minimum atomic E-state index is -1.00. The fraction of sp³-hybridized carbons (Fsp3) is 0.222. The van der Waals surface area contributed by atoms with Crippen LogP contribution in [0.25, 0.3) is 0 Å². The normalized spacial score (nSPS) is 12.1. The largest absolute Gasteiger partial charge is 0.480 e. The Balaban J connectivity index is 2.64. The van der Waals surface area contributed by atoms with Gasteiger partial charge in [-0.25, -0.2) is 0 Å². The van der Waals surface area contributed by atoms with Crippen LogP contribution in [0.1, 0.15) is 5.56 Å². The standard InChI is InChI=1S/C9H11NO3S/c10-8(9(11)12)5-6-1-3-7(13-14)4-2-6/h1-4,8,14H,5,10H2,(H,11,12). The Bertz CT molecular complexity index is 312. The third-order valence-corrected chi connectivity index (χ3v) is 2.01. The van der Waals surface area contributed by atoms with Crippen LogP contribution in [0.3, 0.4) is 0 Å². The molecular formula is C9H11NO3S. The Morgan fingerprint density at radius 2 is 2.07 bits per heavy atom. The summed E-state index contributed by atoms with van der Waals surface area (Å²) in [5.74, 6) is -0.388. The minimum absolute atomic E-state index is 0.308. The van der Waals surface area contributed by atoms with Crippen molar-refractivity contribution in [3.8, 4) is 5.75 Å². The Labute approximate surface area is 87.3 Å². The van der Waals surface area contributed by atoms with Gasteiger partial charge < -0.3 is 15.0 Å². The first-order chi connectivity index (χ1) is 6.63. The third-order valence-electron chi connectivity index (χ3n) is 1.80. The highest BCUT2D eigenvalue weighted by molar-refractivity contribution is 7.75. The maximum atomic E-state index is 10.5. The number of benzene rings is 1. The van der Waals surface area contributed by atoms with Crippen molar-refractivity contribution in [2.45, 2.75) is 12.5 Å². The predicted octanol–water partition coefficient (Wildman–Crippen LogP) is 0.865. The number of thiol groups is 1. The van der Waals surface area contributed by atoms with E-state index >= 15 is 0 Å². The van der Waals surface area contributed by atoms with Crippen LogP contribution in [0.2, 0.25) is 0 Å². The maximum absolute atomic E-state index is 10.5. The van der Waals surface area contributed by atoms with Gasteiger partial charge in [0.25, 0.3) is 0 Å². The van der Waals surface area contributed by atoms with E-state index in [0.29, 0.717) is 12.2 Å². The lowest BCUT2D eigenvalue weighted by Gasteiger charge is -2.06. The van der Waals surface area contributed by atoms with Crippen LogP contribution < -0.4 is 9.92 Å². The molecule has 0 saturated heterocycles. The molecule has 3 N–H and O–H groups in total. The van der Waals surface area contributed by atoms with Crippen LogP contribution in [-0.2, 0) is 11.2 Å². The second-order valence-corrected chi connectivity index (χ2v) is 3.07. The van der Waals surface area contributed by atoms with Crippen LogP contribution in [0.15, 0.2) is 24.3 Å². The first kappa shape index (κ1) is 10.9. The SMILES string of the molecule is NC(Cc1ccc(OS)cc1)C(=O)O. The number of carboxylic acid groups (broad SMARTS) is 1. The molecule has 0 aliphatic rings. The zero-order valence-corrected chi connectivity index (χ0v) is 8.28.